The lowest BCUT2D eigenvalue weighted by Crippen LogP contribution is -2.32. The summed E-state index contributed by atoms with van der Waals surface area (Å²) in [5.41, 5.74) is 5.61. The lowest BCUT2D eigenvalue weighted by molar-refractivity contribution is -0.0321. The van der Waals surface area contributed by atoms with E-state index in [9.17, 15) is 0 Å². The predicted molar refractivity (Wildman–Crippen MR) is 46.4 cm³/mol. The SMILES string of the molecule is CC(C)[C@@H]1C[C@@H](CN)CCO1. The quantitative estimate of drug-likeness (QED) is 0.657. The van der Waals surface area contributed by atoms with Crippen molar-refractivity contribution in [3.8, 4) is 0 Å². The molecule has 0 spiro atoms. The molecule has 66 valence electrons. The third-order valence-corrected chi connectivity index (χ3v) is 2.50. The van der Waals surface area contributed by atoms with E-state index in [0.717, 1.165) is 26.0 Å². The highest BCUT2D eigenvalue weighted by Gasteiger charge is 2.23. The van der Waals surface area contributed by atoms with Crippen LogP contribution in [0.2, 0.25) is 0 Å². The van der Waals surface area contributed by atoms with Gasteiger partial charge in [-0.2, -0.15) is 0 Å². The molecule has 0 aliphatic carbocycles. The summed E-state index contributed by atoms with van der Waals surface area (Å²) in [6, 6.07) is 0. The van der Waals surface area contributed by atoms with E-state index in [4.69, 9.17) is 10.5 Å². The van der Waals surface area contributed by atoms with Crippen LogP contribution in [0.5, 0.6) is 0 Å². The number of ether oxygens (including phenoxy) is 1. The van der Waals surface area contributed by atoms with Crippen molar-refractivity contribution in [2.45, 2.75) is 32.8 Å². The third kappa shape index (κ3) is 2.46. The first-order chi connectivity index (χ1) is 5.24. The Bertz CT molecular complexity index is 114. The van der Waals surface area contributed by atoms with Gasteiger partial charge in [0, 0.05) is 6.61 Å². The zero-order chi connectivity index (χ0) is 8.27. The summed E-state index contributed by atoms with van der Waals surface area (Å²) in [6.45, 7) is 6.16. The van der Waals surface area contributed by atoms with Crippen LogP contribution >= 0.6 is 0 Å². The Morgan fingerprint density at radius 2 is 2.27 bits per heavy atom. The van der Waals surface area contributed by atoms with Gasteiger partial charge in [0.2, 0.25) is 0 Å². The molecule has 1 fully saturated rings. The average Bonchev–Trinajstić information content (AvgIpc) is 2.05. The molecule has 0 unspecified atom stereocenters. The van der Waals surface area contributed by atoms with Gasteiger partial charge < -0.3 is 10.5 Å². The highest BCUT2D eigenvalue weighted by Crippen LogP contribution is 2.23. The zero-order valence-corrected chi connectivity index (χ0v) is 7.55. The molecule has 2 atom stereocenters. The Labute approximate surface area is 69.1 Å². The topological polar surface area (TPSA) is 35.2 Å². The highest BCUT2D eigenvalue weighted by molar-refractivity contribution is 4.74. The van der Waals surface area contributed by atoms with Crippen molar-refractivity contribution in [3.05, 3.63) is 0 Å². The number of rotatable bonds is 2. The van der Waals surface area contributed by atoms with Crippen molar-refractivity contribution < 1.29 is 4.74 Å². The molecule has 2 heteroatoms. The van der Waals surface area contributed by atoms with E-state index in [1.807, 2.05) is 0 Å². The molecule has 1 aliphatic heterocycles. The standard InChI is InChI=1S/C9H19NO/c1-7(2)9-5-8(6-10)3-4-11-9/h7-9H,3-6,10H2,1-2H3/t8-,9-/m0/s1. The molecular formula is C9H19NO. The Morgan fingerprint density at radius 1 is 1.55 bits per heavy atom. The summed E-state index contributed by atoms with van der Waals surface area (Å²) in [5.74, 6) is 1.35. The first-order valence-corrected chi connectivity index (χ1v) is 4.55. The molecule has 0 aromatic rings. The van der Waals surface area contributed by atoms with Crippen molar-refractivity contribution in [1.82, 2.24) is 0 Å². The van der Waals surface area contributed by atoms with E-state index in [0.29, 0.717) is 17.9 Å². The number of hydrogen-bond acceptors (Lipinski definition) is 2. The zero-order valence-electron chi connectivity index (χ0n) is 7.55. The molecule has 1 rings (SSSR count). The summed E-state index contributed by atoms with van der Waals surface area (Å²) >= 11 is 0. The molecule has 11 heavy (non-hydrogen) atoms. The van der Waals surface area contributed by atoms with Crippen LogP contribution in [0.4, 0.5) is 0 Å². The van der Waals surface area contributed by atoms with Crippen LogP contribution in [-0.4, -0.2) is 19.3 Å². The minimum atomic E-state index is 0.456. The first-order valence-electron chi connectivity index (χ1n) is 4.55. The molecule has 0 saturated carbocycles. The van der Waals surface area contributed by atoms with Crippen LogP contribution in [0.3, 0.4) is 0 Å². The van der Waals surface area contributed by atoms with Gasteiger partial charge in [0.1, 0.15) is 0 Å². The summed E-state index contributed by atoms with van der Waals surface area (Å²) in [7, 11) is 0. The van der Waals surface area contributed by atoms with Gasteiger partial charge in [-0.1, -0.05) is 13.8 Å². The van der Waals surface area contributed by atoms with Crippen LogP contribution in [0.25, 0.3) is 0 Å². The molecule has 2 N–H and O–H groups in total. The maximum Gasteiger partial charge on any atom is 0.0601 e. The molecular weight excluding hydrogens is 138 g/mol. The van der Waals surface area contributed by atoms with Crippen molar-refractivity contribution in [2.24, 2.45) is 17.6 Å². The molecule has 2 nitrogen and oxygen atoms in total. The minimum absolute atomic E-state index is 0.456. The molecule has 1 saturated heterocycles. The van der Waals surface area contributed by atoms with Crippen molar-refractivity contribution in [1.29, 1.82) is 0 Å². The van der Waals surface area contributed by atoms with E-state index >= 15 is 0 Å². The van der Waals surface area contributed by atoms with Gasteiger partial charge in [-0.3, -0.25) is 0 Å². The van der Waals surface area contributed by atoms with Gasteiger partial charge in [0.05, 0.1) is 6.10 Å². The Hall–Kier alpha value is -0.0800. The van der Waals surface area contributed by atoms with Gasteiger partial charge in [0.25, 0.3) is 0 Å². The van der Waals surface area contributed by atoms with Crippen molar-refractivity contribution in [3.63, 3.8) is 0 Å². The van der Waals surface area contributed by atoms with E-state index in [-0.39, 0.29) is 0 Å². The maximum absolute atomic E-state index is 5.62. The minimum Gasteiger partial charge on any atom is -0.378 e. The van der Waals surface area contributed by atoms with Gasteiger partial charge >= 0.3 is 0 Å². The van der Waals surface area contributed by atoms with Gasteiger partial charge in [0.15, 0.2) is 0 Å². The fourth-order valence-corrected chi connectivity index (χ4v) is 1.58. The van der Waals surface area contributed by atoms with E-state index in [1.165, 1.54) is 0 Å². The molecule has 0 radical (unpaired) electrons. The molecule has 0 aromatic heterocycles. The van der Waals surface area contributed by atoms with Gasteiger partial charge in [-0.25, -0.2) is 0 Å². The molecule has 0 amide bonds. The molecule has 0 bridgehead atoms. The Kier molecular flexibility index (Phi) is 3.34. The molecule has 0 aromatic carbocycles. The summed E-state index contributed by atoms with van der Waals surface area (Å²) < 4.78 is 5.62. The van der Waals surface area contributed by atoms with E-state index in [1.54, 1.807) is 0 Å². The number of hydrogen-bond donors (Lipinski definition) is 1. The van der Waals surface area contributed by atoms with Gasteiger partial charge in [-0.05, 0) is 31.2 Å². The Morgan fingerprint density at radius 3 is 2.82 bits per heavy atom. The van der Waals surface area contributed by atoms with E-state index < -0.39 is 0 Å². The largest absolute Gasteiger partial charge is 0.378 e. The first kappa shape index (κ1) is 9.01. The third-order valence-electron chi connectivity index (χ3n) is 2.50. The summed E-state index contributed by atoms with van der Waals surface area (Å²) in [6.07, 6.45) is 2.77. The van der Waals surface area contributed by atoms with E-state index in [2.05, 4.69) is 13.8 Å². The van der Waals surface area contributed by atoms with Crippen LogP contribution in [-0.2, 0) is 4.74 Å². The summed E-state index contributed by atoms with van der Waals surface area (Å²) in [4.78, 5) is 0. The second kappa shape index (κ2) is 4.07. The maximum atomic E-state index is 5.62. The second-order valence-corrected chi connectivity index (χ2v) is 3.78. The van der Waals surface area contributed by atoms with Crippen LogP contribution in [0.1, 0.15) is 26.7 Å². The lowest BCUT2D eigenvalue weighted by atomic mass is 9.90. The second-order valence-electron chi connectivity index (χ2n) is 3.78. The van der Waals surface area contributed by atoms with Crippen LogP contribution in [0, 0.1) is 11.8 Å². The lowest BCUT2D eigenvalue weighted by Gasteiger charge is -2.31. The monoisotopic (exact) mass is 157 g/mol. The highest BCUT2D eigenvalue weighted by atomic mass is 16.5. The number of nitrogens with two attached hydrogens (primary N) is 1. The smallest absolute Gasteiger partial charge is 0.0601 e. The molecule has 1 aliphatic rings. The van der Waals surface area contributed by atoms with Crippen LogP contribution in [0.15, 0.2) is 0 Å². The molecule has 1 heterocycles. The van der Waals surface area contributed by atoms with Crippen molar-refractivity contribution >= 4 is 0 Å². The fourth-order valence-electron chi connectivity index (χ4n) is 1.58. The normalized spacial score (nSPS) is 32.7. The average molecular weight is 157 g/mol. The summed E-state index contributed by atoms with van der Waals surface area (Å²) in [5, 5.41) is 0. The fraction of sp³-hybridized carbons (Fsp3) is 1.00. The Balaban J connectivity index is 2.33. The van der Waals surface area contributed by atoms with Crippen LogP contribution < -0.4 is 5.73 Å². The predicted octanol–water partition coefficient (Wildman–Crippen LogP) is 1.40. The van der Waals surface area contributed by atoms with Gasteiger partial charge in [-0.15, -0.1) is 0 Å². The van der Waals surface area contributed by atoms with Crippen molar-refractivity contribution in [2.75, 3.05) is 13.2 Å².